The van der Waals surface area contributed by atoms with Crippen LogP contribution >= 0.6 is 0 Å². The molecule has 2 heterocycles. The molecule has 0 aliphatic rings. The van der Waals surface area contributed by atoms with Crippen LogP contribution in [0.3, 0.4) is 0 Å². The molecule has 0 atom stereocenters. The fraction of sp³-hybridized carbons (Fsp3) is 0.379. The van der Waals surface area contributed by atoms with Crippen molar-refractivity contribution in [3.63, 3.8) is 0 Å². The van der Waals surface area contributed by atoms with Crippen LogP contribution in [0.1, 0.15) is 56.4 Å². The predicted octanol–water partition coefficient (Wildman–Crippen LogP) is -0.809. The maximum Gasteiger partial charge on any atom is 0.248 e. The first-order chi connectivity index (χ1) is 16.2. The summed E-state index contributed by atoms with van der Waals surface area (Å²) in [6.45, 7) is 11.0. The number of benzene rings is 2. The predicted molar refractivity (Wildman–Crippen MR) is 134 cm³/mol. The topological polar surface area (TPSA) is 17.6 Å². The number of aryl methyl sites for hydroxylation is 6. The van der Waals surface area contributed by atoms with Gasteiger partial charge in [0.25, 0.3) is 0 Å². The summed E-state index contributed by atoms with van der Waals surface area (Å²) in [6.07, 6.45) is 18.6. The Hall–Kier alpha value is -2.56. The van der Waals surface area contributed by atoms with Gasteiger partial charge in [0.1, 0.15) is 36.2 Å². The lowest BCUT2D eigenvalue weighted by atomic mass is 10.0. The molecule has 0 aliphatic heterocycles. The van der Waals surface area contributed by atoms with E-state index < -0.39 is 0 Å². The van der Waals surface area contributed by atoms with Crippen molar-refractivity contribution in [3.05, 3.63) is 96.1 Å². The maximum atomic E-state index is 2.31. The number of aromatic nitrogens is 4. The van der Waals surface area contributed by atoms with E-state index in [1.54, 1.807) is 0 Å². The second-order valence-electron chi connectivity index (χ2n) is 8.73. The highest BCUT2D eigenvalue weighted by atomic mass is 35.5. The zero-order chi connectivity index (χ0) is 23.2. The van der Waals surface area contributed by atoms with Crippen molar-refractivity contribution >= 4 is 0 Å². The van der Waals surface area contributed by atoms with Crippen LogP contribution in [0.4, 0.5) is 0 Å². The number of rotatable bonds is 10. The average molecular weight is 514 g/mol. The molecule has 4 rings (SSSR count). The number of halogens is 2. The quantitative estimate of drug-likeness (QED) is 0.247. The van der Waals surface area contributed by atoms with Gasteiger partial charge in [-0.3, -0.25) is 0 Å². The second-order valence-corrected chi connectivity index (χ2v) is 8.73. The van der Waals surface area contributed by atoms with E-state index in [1.807, 2.05) is 0 Å². The van der Waals surface area contributed by atoms with Gasteiger partial charge in [-0.25, -0.2) is 18.3 Å². The van der Waals surface area contributed by atoms with Gasteiger partial charge in [-0.2, -0.15) is 0 Å². The monoisotopic (exact) mass is 512 g/mol. The molecule has 35 heavy (non-hydrogen) atoms. The van der Waals surface area contributed by atoms with Gasteiger partial charge in [0, 0.05) is 6.42 Å². The van der Waals surface area contributed by atoms with E-state index >= 15 is 0 Å². The van der Waals surface area contributed by atoms with Crippen molar-refractivity contribution < 1.29 is 33.9 Å². The summed E-state index contributed by atoms with van der Waals surface area (Å²) in [5.41, 5.74) is 8.35. The highest BCUT2D eigenvalue weighted by Crippen LogP contribution is 2.22. The Kier molecular flexibility index (Phi) is 11.1. The number of para-hydroxylation sites is 2. The molecule has 0 unspecified atom stereocenters. The van der Waals surface area contributed by atoms with Gasteiger partial charge in [0.05, 0.1) is 13.1 Å². The fourth-order valence-corrected chi connectivity index (χ4v) is 4.85. The van der Waals surface area contributed by atoms with Gasteiger partial charge in [0.2, 0.25) is 12.7 Å². The third-order valence-electron chi connectivity index (χ3n) is 6.66. The minimum absolute atomic E-state index is 0. The minimum Gasteiger partial charge on any atom is -1.00 e. The molecule has 188 valence electrons. The molecule has 0 aliphatic carbocycles. The molecule has 0 N–H and O–H groups in total. The summed E-state index contributed by atoms with van der Waals surface area (Å²) < 4.78 is 9.22. The summed E-state index contributed by atoms with van der Waals surface area (Å²) in [6, 6.07) is 13.4. The van der Waals surface area contributed by atoms with Crippen LogP contribution < -0.4 is 33.9 Å². The van der Waals surface area contributed by atoms with E-state index in [2.05, 4.69) is 120 Å². The number of imidazole rings is 2. The Morgan fingerprint density at radius 2 is 0.914 bits per heavy atom. The lowest BCUT2D eigenvalue weighted by molar-refractivity contribution is -0.726. The SMILES string of the molecule is CCc1cccc(CC)c1-n1cc[n+](CCC[n+]2ccn(-c3c(CC)cccc3CC)c2)c1.[Cl-].[Cl-]. The van der Waals surface area contributed by atoms with Gasteiger partial charge in [0.15, 0.2) is 0 Å². The minimum atomic E-state index is 0. The van der Waals surface area contributed by atoms with E-state index in [4.69, 9.17) is 0 Å². The Morgan fingerprint density at radius 1 is 0.571 bits per heavy atom. The third kappa shape index (κ3) is 6.36. The van der Waals surface area contributed by atoms with Gasteiger partial charge < -0.3 is 24.8 Å². The molecule has 4 nitrogen and oxygen atoms in total. The molecular weight excluding hydrogens is 475 g/mol. The van der Waals surface area contributed by atoms with Gasteiger partial charge in [-0.1, -0.05) is 64.1 Å². The van der Waals surface area contributed by atoms with Crippen LogP contribution in [-0.2, 0) is 38.8 Å². The molecule has 2 aromatic carbocycles. The third-order valence-corrected chi connectivity index (χ3v) is 6.66. The molecule has 0 saturated carbocycles. The van der Waals surface area contributed by atoms with Crippen LogP contribution in [-0.4, -0.2) is 9.13 Å². The van der Waals surface area contributed by atoms with E-state index in [0.29, 0.717) is 0 Å². The van der Waals surface area contributed by atoms with Crippen LogP contribution in [0.2, 0.25) is 0 Å². The molecule has 0 fully saturated rings. The van der Waals surface area contributed by atoms with Crippen molar-refractivity contribution in [2.45, 2.75) is 72.9 Å². The van der Waals surface area contributed by atoms with Crippen molar-refractivity contribution in [1.82, 2.24) is 9.13 Å². The summed E-state index contributed by atoms with van der Waals surface area (Å²) >= 11 is 0. The smallest absolute Gasteiger partial charge is 0.248 e. The van der Waals surface area contributed by atoms with Crippen LogP contribution in [0.25, 0.3) is 11.4 Å². The van der Waals surface area contributed by atoms with Gasteiger partial charge in [-0.05, 0) is 47.9 Å². The molecule has 0 saturated heterocycles. The normalized spacial score (nSPS) is 10.6. The standard InChI is InChI=1S/C29H38N4.2ClH/c1-5-24-12-9-13-25(6-2)28(24)32-20-18-30(22-32)16-11-17-31-19-21-33(23-31)29-26(7-3)14-10-15-27(29)8-4;;/h9-10,12-15,18-23H,5-8,11,16-17H2,1-4H3;2*1H/q+2;;/p-2. The molecule has 0 amide bonds. The lowest BCUT2D eigenvalue weighted by Gasteiger charge is -2.09. The number of hydrogen-bond donors (Lipinski definition) is 0. The lowest BCUT2D eigenvalue weighted by Crippen LogP contribution is -3.00. The average Bonchev–Trinajstić information content (AvgIpc) is 3.52. The molecule has 0 bridgehead atoms. The highest BCUT2D eigenvalue weighted by molar-refractivity contribution is 5.49. The molecule has 6 heteroatoms. The first kappa shape index (κ1) is 28.7. The first-order valence-electron chi connectivity index (χ1n) is 12.5. The summed E-state index contributed by atoms with van der Waals surface area (Å²) in [5, 5.41) is 0. The maximum absolute atomic E-state index is 2.31. The molecule has 0 spiro atoms. The van der Waals surface area contributed by atoms with Crippen molar-refractivity contribution in [2.24, 2.45) is 0 Å². The van der Waals surface area contributed by atoms with E-state index in [-0.39, 0.29) is 24.8 Å². The largest absolute Gasteiger partial charge is 1.00 e. The van der Waals surface area contributed by atoms with Crippen molar-refractivity contribution in [2.75, 3.05) is 0 Å². The van der Waals surface area contributed by atoms with Crippen LogP contribution in [0, 0.1) is 0 Å². The van der Waals surface area contributed by atoms with Crippen LogP contribution in [0.15, 0.2) is 73.8 Å². The van der Waals surface area contributed by atoms with E-state index in [9.17, 15) is 0 Å². The Labute approximate surface area is 223 Å². The molecular formula is C29H38Cl2N4. The molecule has 2 aromatic heterocycles. The van der Waals surface area contributed by atoms with Crippen molar-refractivity contribution in [1.29, 1.82) is 0 Å². The Bertz CT molecular complexity index is 1070. The Morgan fingerprint density at radius 3 is 1.23 bits per heavy atom. The molecule has 0 radical (unpaired) electrons. The summed E-state index contributed by atoms with van der Waals surface area (Å²) in [4.78, 5) is 0. The highest BCUT2D eigenvalue weighted by Gasteiger charge is 2.16. The molecule has 4 aromatic rings. The number of nitrogens with zero attached hydrogens (tertiary/aromatic N) is 4. The van der Waals surface area contributed by atoms with Crippen LogP contribution in [0.5, 0.6) is 0 Å². The van der Waals surface area contributed by atoms with E-state index in [1.165, 1.54) is 33.6 Å². The summed E-state index contributed by atoms with van der Waals surface area (Å²) in [7, 11) is 0. The fourth-order valence-electron chi connectivity index (χ4n) is 4.85. The van der Waals surface area contributed by atoms with Crippen molar-refractivity contribution in [3.8, 4) is 11.4 Å². The summed E-state index contributed by atoms with van der Waals surface area (Å²) in [5.74, 6) is 0. The zero-order valence-corrected chi connectivity index (χ0v) is 22.9. The Balaban J connectivity index is 0.00000216. The first-order valence-corrected chi connectivity index (χ1v) is 12.5. The second kappa shape index (κ2) is 13.5. The van der Waals surface area contributed by atoms with E-state index in [0.717, 1.165) is 45.2 Å². The van der Waals surface area contributed by atoms with Gasteiger partial charge >= 0.3 is 0 Å². The zero-order valence-electron chi connectivity index (χ0n) is 21.4. The van der Waals surface area contributed by atoms with Gasteiger partial charge in [-0.15, -0.1) is 0 Å². The number of hydrogen-bond acceptors (Lipinski definition) is 0.